The summed E-state index contributed by atoms with van der Waals surface area (Å²) in [5, 5.41) is 3.48. The maximum absolute atomic E-state index is 13.1. The van der Waals surface area contributed by atoms with Crippen molar-refractivity contribution in [2.75, 3.05) is 23.8 Å². The number of carbonyl (C=O) groups is 2. The molecule has 0 atom stereocenters. The van der Waals surface area contributed by atoms with Gasteiger partial charge in [-0.3, -0.25) is 24.3 Å². The third-order valence-electron chi connectivity index (χ3n) is 7.43. The first-order chi connectivity index (χ1) is 18.5. The lowest BCUT2D eigenvalue weighted by molar-refractivity contribution is -0.136. The first-order valence-corrected chi connectivity index (χ1v) is 13.0. The van der Waals surface area contributed by atoms with Gasteiger partial charge >= 0.3 is 0 Å². The number of anilines is 2. The highest BCUT2D eigenvalue weighted by Crippen LogP contribution is 2.35. The molecule has 0 fully saturated rings. The lowest BCUT2D eigenvalue weighted by Gasteiger charge is -2.26. The fraction of sp³-hybridized carbons (Fsp3) is 0.333. The molecule has 0 radical (unpaired) electrons. The molecular formula is C30H33N5O4. The first-order valence-electron chi connectivity index (χ1n) is 13.0. The van der Waals surface area contributed by atoms with Crippen LogP contribution in [0.2, 0.25) is 0 Å². The Morgan fingerprint density at radius 1 is 1.05 bits per heavy atom. The van der Waals surface area contributed by atoms with Crippen LogP contribution in [0.15, 0.2) is 64.1 Å². The molecule has 4 heterocycles. The lowest BCUT2D eigenvalue weighted by atomic mass is 9.91. The fourth-order valence-corrected chi connectivity index (χ4v) is 4.99. The van der Waals surface area contributed by atoms with Crippen molar-refractivity contribution < 1.29 is 14.0 Å². The molecule has 0 saturated carbocycles. The van der Waals surface area contributed by atoms with Crippen LogP contribution in [-0.4, -0.2) is 39.9 Å². The molecule has 0 saturated heterocycles. The Kier molecular flexibility index (Phi) is 6.86. The van der Waals surface area contributed by atoms with Gasteiger partial charge in [0.2, 0.25) is 11.8 Å². The number of hydrogen-bond donors (Lipinski definition) is 1. The van der Waals surface area contributed by atoms with Gasteiger partial charge in [-0.2, -0.15) is 0 Å². The average Bonchev–Trinajstić information content (AvgIpc) is 3.28. The Morgan fingerprint density at radius 2 is 1.85 bits per heavy atom. The van der Waals surface area contributed by atoms with Crippen LogP contribution >= 0.6 is 0 Å². The third-order valence-corrected chi connectivity index (χ3v) is 7.43. The number of nitrogens with zero attached hydrogens (tertiary/aromatic N) is 4. The van der Waals surface area contributed by atoms with E-state index in [1.54, 1.807) is 48.8 Å². The Labute approximate surface area is 227 Å². The quantitative estimate of drug-likeness (QED) is 0.361. The molecule has 0 unspecified atom stereocenters. The minimum atomic E-state index is -1.17. The number of aromatic nitrogens is 2. The van der Waals surface area contributed by atoms with Crippen LogP contribution < -0.4 is 15.8 Å². The van der Waals surface area contributed by atoms with E-state index in [0.717, 1.165) is 16.8 Å². The van der Waals surface area contributed by atoms with Gasteiger partial charge in [-0.1, -0.05) is 12.1 Å². The van der Waals surface area contributed by atoms with Gasteiger partial charge in [-0.15, -0.1) is 0 Å². The van der Waals surface area contributed by atoms with Gasteiger partial charge in [0.15, 0.2) is 0 Å². The van der Waals surface area contributed by atoms with Crippen LogP contribution in [0.25, 0.3) is 11.0 Å². The number of pyridine rings is 2. The summed E-state index contributed by atoms with van der Waals surface area (Å²) in [5.41, 5.74) is 3.65. The molecule has 5 rings (SSSR count). The SMILES string of the molecule is Cc1cc2c(=O)n(CCN(Cc3ccc4c(c3)N(C)C(=O)C(C)(C)C(=O)N4)Cc3cccnc3C)ccc2o1. The van der Waals surface area contributed by atoms with E-state index >= 15 is 0 Å². The molecule has 1 aliphatic rings. The van der Waals surface area contributed by atoms with Crippen molar-refractivity contribution in [3.63, 3.8) is 0 Å². The Morgan fingerprint density at radius 3 is 2.62 bits per heavy atom. The van der Waals surface area contributed by atoms with Crippen molar-refractivity contribution in [3.05, 3.63) is 87.8 Å². The van der Waals surface area contributed by atoms with Crippen LogP contribution in [0.3, 0.4) is 0 Å². The van der Waals surface area contributed by atoms with Crippen LogP contribution in [-0.2, 0) is 29.2 Å². The zero-order chi connectivity index (χ0) is 27.9. The summed E-state index contributed by atoms with van der Waals surface area (Å²) in [6, 6.07) is 13.3. The Bertz CT molecular complexity index is 1630. The van der Waals surface area contributed by atoms with Crippen molar-refractivity contribution in [3.8, 4) is 0 Å². The maximum atomic E-state index is 13.1. The molecule has 0 aliphatic carbocycles. The number of aryl methyl sites for hydroxylation is 2. The van der Waals surface area contributed by atoms with E-state index in [4.69, 9.17) is 4.42 Å². The van der Waals surface area contributed by atoms with Gasteiger partial charge < -0.3 is 19.2 Å². The number of rotatable bonds is 7. The number of hydrogen-bond acceptors (Lipinski definition) is 6. The molecule has 39 heavy (non-hydrogen) atoms. The summed E-state index contributed by atoms with van der Waals surface area (Å²) in [4.78, 5) is 47.0. The highest BCUT2D eigenvalue weighted by Gasteiger charge is 2.41. The monoisotopic (exact) mass is 527 g/mol. The number of benzene rings is 1. The second kappa shape index (κ2) is 10.1. The maximum Gasteiger partial charge on any atom is 0.261 e. The van der Waals surface area contributed by atoms with Crippen LogP contribution in [0.4, 0.5) is 11.4 Å². The molecule has 9 nitrogen and oxygen atoms in total. The molecule has 1 aliphatic heterocycles. The van der Waals surface area contributed by atoms with E-state index in [1.807, 2.05) is 44.2 Å². The molecule has 3 aromatic heterocycles. The van der Waals surface area contributed by atoms with E-state index in [2.05, 4.69) is 21.3 Å². The Balaban J connectivity index is 1.43. The smallest absolute Gasteiger partial charge is 0.261 e. The third kappa shape index (κ3) is 5.09. The first kappa shape index (κ1) is 26.4. The van der Waals surface area contributed by atoms with Crippen molar-refractivity contribution >= 4 is 34.2 Å². The van der Waals surface area contributed by atoms with Crippen molar-refractivity contribution in [2.45, 2.75) is 47.3 Å². The minimum absolute atomic E-state index is 0.0783. The van der Waals surface area contributed by atoms with Crippen LogP contribution in [0.1, 0.15) is 36.4 Å². The summed E-state index contributed by atoms with van der Waals surface area (Å²) >= 11 is 0. The summed E-state index contributed by atoms with van der Waals surface area (Å²) in [6.07, 6.45) is 3.55. The van der Waals surface area contributed by atoms with Crippen molar-refractivity contribution in [2.24, 2.45) is 5.41 Å². The van der Waals surface area contributed by atoms with Gasteiger partial charge in [0.25, 0.3) is 5.56 Å². The summed E-state index contributed by atoms with van der Waals surface area (Å²) < 4.78 is 7.32. The second-order valence-electron chi connectivity index (χ2n) is 10.7. The summed E-state index contributed by atoms with van der Waals surface area (Å²) in [7, 11) is 1.70. The van der Waals surface area contributed by atoms with Gasteiger partial charge in [0.1, 0.15) is 16.8 Å². The standard InChI is InChI=1S/C30H33N5O4/c1-19-15-23-26(39-19)10-12-35(27(23)36)14-13-34(18-22-7-6-11-31-20(22)2)17-21-8-9-24-25(16-21)33(5)29(38)30(3,4)28(37)32-24/h6-12,15-16H,13-14,17-18H2,1-5H3,(H,32,37). The number of fused-ring (bicyclic) bond motifs is 2. The van der Waals surface area contributed by atoms with Gasteiger partial charge in [0, 0.05) is 51.3 Å². The fourth-order valence-electron chi connectivity index (χ4n) is 4.99. The molecule has 202 valence electrons. The van der Waals surface area contributed by atoms with Gasteiger partial charge in [0.05, 0.1) is 16.8 Å². The zero-order valence-electron chi connectivity index (χ0n) is 22.9. The van der Waals surface area contributed by atoms with E-state index < -0.39 is 5.41 Å². The molecule has 9 heteroatoms. The number of furan rings is 1. The van der Waals surface area contributed by atoms with E-state index in [-0.39, 0.29) is 17.4 Å². The molecule has 0 bridgehead atoms. The normalized spacial score (nSPS) is 15.0. The van der Waals surface area contributed by atoms with E-state index in [0.29, 0.717) is 54.3 Å². The highest BCUT2D eigenvalue weighted by atomic mass is 16.3. The van der Waals surface area contributed by atoms with E-state index in [1.165, 1.54) is 0 Å². The molecular weight excluding hydrogens is 494 g/mol. The lowest BCUT2D eigenvalue weighted by Crippen LogP contribution is -2.43. The predicted molar refractivity (Wildman–Crippen MR) is 151 cm³/mol. The minimum Gasteiger partial charge on any atom is -0.461 e. The number of amides is 2. The van der Waals surface area contributed by atoms with Gasteiger partial charge in [-0.25, -0.2) is 0 Å². The topological polar surface area (TPSA) is 101 Å². The Hall–Kier alpha value is -4.24. The van der Waals surface area contributed by atoms with Crippen molar-refractivity contribution in [1.82, 2.24) is 14.5 Å². The molecule has 4 aromatic rings. The number of nitrogens with one attached hydrogen (secondary N) is 1. The van der Waals surface area contributed by atoms with Crippen molar-refractivity contribution in [1.29, 1.82) is 0 Å². The summed E-state index contributed by atoms with van der Waals surface area (Å²) in [6.45, 7) is 9.39. The molecule has 2 amide bonds. The average molecular weight is 528 g/mol. The largest absolute Gasteiger partial charge is 0.461 e. The van der Waals surface area contributed by atoms with Crippen LogP contribution in [0, 0.1) is 19.3 Å². The molecule has 1 aromatic carbocycles. The zero-order valence-corrected chi connectivity index (χ0v) is 22.9. The van der Waals surface area contributed by atoms with Gasteiger partial charge in [-0.05, 0) is 69.2 Å². The number of carbonyl (C=O) groups excluding carboxylic acids is 2. The molecule has 1 N–H and O–H groups in total. The highest BCUT2D eigenvalue weighted by molar-refractivity contribution is 6.19. The van der Waals surface area contributed by atoms with E-state index in [9.17, 15) is 14.4 Å². The second-order valence-corrected chi connectivity index (χ2v) is 10.7. The predicted octanol–water partition coefficient (Wildman–Crippen LogP) is 4.25. The van der Waals surface area contributed by atoms with Crippen LogP contribution in [0.5, 0.6) is 0 Å². The molecule has 0 spiro atoms. The summed E-state index contributed by atoms with van der Waals surface area (Å²) in [5.74, 6) is 0.123.